The van der Waals surface area contributed by atoms with Crippen LogP contribution >= 0.6 is 0 Å². The third kappa shape index (κ3) is 7.81. The summed E-state index contributed by atoms with van der Waals surface area (Å²) in [6.07, 6.45) is 0.463. The van der Waals surface area contributed by atoms with E-state index in [2.05, 4.69) is 21.2 Å². The van der Waals surface area contributed by atoms with Gasteiger partial charge in [-0.2, -0.15) is 5.10 Å². The van der Waals surface area contributed by atoms with Crippen molar-refractivity contribution in [1.29, 1.82) is 0 Å². The second-order valence-corrected chi connectivity index (χ2v) is 10.2. The molecule has 0 spiro atoms. The average Bonchev–Trinajstić information content (AvgIpc) is 3.28. The highest BCUT2D eigenvalue weighted by molar-refractivity contribution is 5.95. The highest BCUT2D eigenvalue weighted by atomic mass is 16.5. The first-order valence-corrected chi connectivity index (χ1v) is 14.2. The van der Waals surface area contributed by atoms with Crippen LogP contribution in [0.3, 0.4) is 0 Å². The summed E-state index contributed by atoms with van der Waals surface area (Å²) in [7, 11) is 1.27. The SMILES string of the molecule is CCOc1cc([C@@H]2NC(=O)NC(C)=C2C(=O)OC)ccc1OC[C@H](O)N/N=C\c1cc(C)n(-c2ccc(OC(C)=O)cc2)c1C. The predicted molar refractivity (Wildman–Crippen MR) is 166 cm³/mol. The summed E-state index contributed by atoms with van der Waals surface area (Å²) in [6, 6.07) is 12.9. The maximum atomic E-state index is 12.5. The Kier molecular flexibility index (Phi) is 10.5. The van der Waals surface area contributed by atoms with Crippen LogP contribution in [-0.4, -0.2) is 60.4 Å². The summed E-state index contributed by atoms with van der Waals surface area (Å²) in [6.45, 7) is 8.89. The molecule has 3 aromatic rings. The van der Waals surface area contributed by atoms with E-state index < -0.39 is 24.3 Å². The van der Waals surface area contributed by atoms with Gasteiger partial charge in [-0.1, -0.05) is 6.07 Å². The summed E-state index contributed by atoms with van der Waals surface area (Å²) in [5, 5.41) is 20.0. The number of hydrogen-bond acceptors (Lipinski definition) is 10. The molecule has 0 fully saturated rings. The van der Waals surface area contributed by atoms with E-state index >= 15 is 0 Å². The first-order chi connectivity index (χ1) is 21.5. The number of methoxy groups -OCH3 is 1. The van der Waals surface area contributed by atoms with Crippen molar-refractivity contribution >= 4 is 24.2 Å². The Morgan fingerprint density at radius 1 is 1.09 bits per heavy atom. The fourth-order valence-corrected chi connectivity index (χ4v) is 4.96. The lowest BCUT2D eigenvalue weighted by Crippen LogP contribution is -2.45. The number of hydrazone groups is 1. The number of rotatable bonds is 12. The molecule has 2 aromatic carbocycles. The quantitative estimate of drug-likeness (QED) is 0.0781. The largest absolute Gasteiger partial charge is 0.490 e. The van der Waals surface area contributed by atoms with E-state index in [1.807, 2.05) is 43.5 Å². The van der Waals surface area contributed by atoms with Gasteiger partial charge in [0.2, 0.25) is 0 Å². The van der Waals surface area contributed by atoms with Gasteiger partial charge in [0.25, 0.3) is 0 Å². The standard InChI is InChI=1S/C32H37N5O8/c1-7-43-27-15-22(30-29(31(40)42-6)19(3)34-32(41)35-30)8-13-26(27)44-17-28(39)36-33-16-23-14-18(2)37(20(23)4)24-9-11-25(12-10-24)45-21(5)38/h8-16,28,30,36,39H,7,17H2,1-6H3,(H2,34,35,41)/b33-16-/t28-,30-/m0/s1. The molecular formula is C32H37N5O8. The fourth-order valence-electron chi connectivity index (χ4n) is 4.96. The number of aliphatic hydroxyl groups is 1. The highest BCUT2D eigenvalue weighted by Gasteiger charge is 2.32. The maximum Gasteiger partial charge on any atom is 0.337 e. The maximum absolute atomic E-state index is 12.5. The summed E-state index contributed by atoms with van der Waals surface area (Å²) in [5.74, 6) is 0.239. The molecule has 0 saturated carbocycles. The number of nitrogens with zero attached hydrogens (tertiary/aromatic N) is 2. The highest BCUT2D eigenvalue weighted by Crippen LogP contribution is 2.35. The summed E-state index contributed by atoms with van der Waals surface area (Å²) < 4.78 is 23.7. The van der Waals surface area contributed by atoms with Crippen LogP contribution in [0, 0.1) is 13.8 Å². The minimum absolute atomic E-state index is 0.152. The van der Waals surface area contributed by atoms with E-state index in [0.29, 0.717) is 35.1 Å². The molecule has 0 bridgehead atoms. The molecule has 1 aliphatic heterocycles. The number of aliphatic hydroxyl groups excluding tert-OH is 1. The lowest BCUT2D eigenvalue weighted by atomic mass is 9.95. The van der Waals surface area contributed by atoms with E-state index in [1.54, 1.807) is 43.5 Å². The van der Waals surface area contributed by atoms with Crippen molar-refractivity contribution in [2.45, 2.75) is 46.9 Å². The third-order valence-electron chi connectivity index (χ3n) is 6.93. The van der Waals surface area contributed by atoms with E-state index in [9.17, 15) is 19.5 Å². The smallest absolute Gasteiger partial charge is 0.337 e. The minimum Gasteiger partial charge on any atom is -0.490 e. The fraction of sp³-hybridized carbons (Fsp3) is 0.312. The number of hydrogen-bond donors (Lipinski definition) is 4. The van der Waals surface area contributed by atoms with Crippen LogP contribution in [0.5, 0.6) is 17.2 Å². The van der Waals surface area contributed by atoms with Crippen LogP contribution in [0.4, 0.5) is 4.79 Å². The lowest BCUT2D eigenvalue weighted by molar-refractivity contribution is -0.136. The number of aromatic nitrogens is 1. The van der Waals surface area contributed by atoms with Crippen LogP contribution in [-0.2, 0) is 14.3 Å². The molecule has 0 aliphatic carbocycles. The molecule has 2 amide bonds. The molecule has 45 heavy (non-hydrogen) atoms. The number of aryl methyl sites for hydroxylation is 1. The first-order valence-electron chi connectivity index (χ1n) is 14.2. The van der Waals surface area contributed by atoms with Gasteiger partial charge in [-0.05, 0) is 75.7 Å². The third-order valence-corrected chi connectivity index (χ3v) is 6.93. The van der Waals surface area contributed by atoms with Gasteiger partial charge in [0.1, 0.15) is 12.4 Å². The van der Waals surface area contributed by atoms with E-state index in [-0.39, 0.29) is 18.1 Å². The van der Waals surface area contributed by atoms with Gasteiger partial charge < -0.3 is 39.3 Å². The normalized spacial score (nSPS) is 15.3. The molecule has 0 unspecified atom stereocenters. The van der Waals surface area contributed by atoms with Crippen molar-refractivity contribution in [3.8, 4) is 22.9 Å². The first kappa shape index (κ1) is 32.6. The topological polar surface area (TPSA) is 162 Å². The van der Waals surface area contributed by atoms with Crippen LogP contribution in [0.1, 0.15) is 49.3 Å². The molecule has 0 radical (unpaired) electrons. The second kappa shape index (κ2) is 14.4. The minimum atomic E-state index is -1.15. The molecule has 2 atom stereocenters. The molecule has 13 nitrogen and oxygen atoms in total. The molecule has 4 N–H and O–H groups in total. The number of amides is 2. The summed E-state index contributed by atoms with van der Waals surface area (Å²) in [4.78, 5) is 35.8. The predicted octanol–water partition coefficient (Wildman–Crippen LogP) is 3.54. The van der Waals surface area contributed by atoms with Crippen molar-refractivity contribution in [3.05, 3.63) is 82.3 Å². The zero-order valence-electron chi connectivity index (χ0n) is 26.0. The van der Waals surface area contributed by atoms with Gasteiger partial charge in [-0.15, -0.1) is 0 Å². The molecule has 1 aromatic heterocycles. The Hall–Kier alpha value is -5.30. The van der Waals surface area contributed by atoms with E-state index in [4.69, 9.17) is 18.9 Å². The van der Waals surface area contributed by atoms with Crippen molar-refractivity contribution in [1.82, 2.24) is 20.6 Å². The van der Waals surface area contributed by atoms with Crippen molar-refractivity contribution in [2.75, 3.05) is 20.3 Å². The molecule has 13 heteroatoms. The summed E-state index contributed by atoms with van der Waals surface area (Å²) >= 11 is 0. The Morgan fingerprint density at radius 2 is 1.82 bits per heavy atom. The zero-order chi connectivity index (χ0) is 32.7. The number of carbonyl (C=O) groups excluding carboxylic acids is 3. The van der Waals surface area contributed by atoms with Gasteiger partial charge >= 0.3 is 18.0 Å². The number of ether oxygens (including phenoxy) is 4. The van der Waals surface area contributed by atoms with E-state index in [0.717, 1.165) is 22.6 Å². The molecular weight excluding hydrogens is 582 g/mol. The molecule has 4 rings (SSSR count). The molecule has 238 valence electrons. The number of nitrogens with one attached hydrogen (secondary N) is 3. The number of esters is 2. The van der Waals surface area contributed by atoms with Gasteiger partial charge in [-0.3, -0.25) is 10.2 Å². The zero-order valence-corrected chi connectivity index (χ0v) is 26.0. The van der Waals surface area contributed by atoms with Gasteiger partial charge in [0.05, 0.1) is 31.5 Å². The number of allylic oxidation sites excluding steroid dienone is 1. The summed E-state index contributed by atoms with van der Waals surface area (Å²) in [5.41, 5.74) is 7.54. The van der Waals surface area contributed by atoms with E-state index in [1.165, 1.54) is 14.0 Å². The molecule has 0 saturated heterocycles. The van der Waals surface area contributed by atoms with Gasteiger partial charge in [-0.25, -0.2) is 9.59 Å². The number of urea groups is 1. The second-order valence-electron chi connectivity index (χ2n) is 10.2. The van der Waals surface area contributed by atoms with Crippen molar-refractivity contribution < 1.29 is 38.4 Å². The number of benzene rings is 2. The van der Waals surface area contributed by atoms with Crippen LogP contribution in [0.2, 0.25) is 0 Å². The van der Waals surface area contributed by atoms with Crippen LogP contribution in [0.15, 0.2) is 64.9 Å². The number of carbonyl (C=O) groups is 3. The van der Waals surface area contributed by atoms with Crippen molar-refractivity contribution in [3.63, 3.8) is 0 Å². The van der Waals surface area contributed by atoms with Crippen molar-refractivity contribution in [2.24, 2.45) is 5.10 Å². The Morgan fingerprint density at radius 3 is 2.49 bits per heavy atom. The Bertz CT molecular complexity index is 1630. The van der Waals surface area contributed by atoms with Gasteiger partial charge in [0.15, 0.2) is 17.7 Å². The average molecular weight is 620 g/mol. The lowest BCUT2D eigenvalue weighted by Gasteiger charge is -2.28. The molecule has 2 heterocycles. The van der Waals surface area contributed by atoms with Gasteiger partial charge in [0, 0.05) is 35.3 Å². The van der Waals surface area contributed by atoms with Crippen LogP contribution < -0.4 is 30.3 Å². The monoisotopic (exact) mass is 619 g/mol. The Balaban J connectivity index is 1.41. The van der Waals surface area contributed by atoms with Crippen LogP contribution in [0.25, 0.3) is 5.69 Å². The Labute approximate surface area is 260 Å². The molecule has 1 aliphatic rings.